The number of carboxylic acid groups (broad SMARTS) is 1. The fourth-order valence-corrected chi connectivity index (χ4v) is 3.67. The second kappa shape index (κ2) is 10.7. The van der Waals surface area contributed by atoms with Crippen LogP contribution in [0.5, 0.6) is 0 Å². The lowest BCUT2D eigenvalue weighted by atomic mass is 10.3. The first-order valence-corrected chi connectivity index (χ1v) is 9.14. The van der Waals surface area contributed by atoms with Gasteiger partial charge in [0.15, 0.2) is 0 Å². The minimum Gasteiger partial charge on any atom is -0.481 e. The van der Waals surface area contributed by atoms with Crippen molar-refractivity contribution in [2.75, 3.05) is 25.4 Å². The highest BCUT2D eigenvalue weighted by atomic mass is 33.1. The highest BCUT2D eigenvalue weighted by molar-refractivity contribution is 8.77. The van der Waals surface area contributed by atoms with Crippen LogP contribution in [0.3, 0.4) is 0 Å². The van der Waals surface area contributed by atoms with Crippen LogP contribution in [0.25, 0.3) is 0 Å². The number of carbonyl (C=O) groups is 1. The maximum atomic E-state index is 10.5. The van der Waals surface area contributed by atoms with Gasteiger partial charge in [-0.05, 0) is 13.3 Å². The Kier molecular flexibility index (Phi) is 10.8. The standard InChI is InChI=1S/C13H27NO4S2/c1-5-18-12(17)14(8-6-7-11(15)16)9-10-19-20-13(2,3)4/h12,17H,5-10H2,1-4H3,(H,15,16)/t12-/m0/s1. The van der Waals surface area contributed by atoms with Crippen LogP contribution >= 0.6 is 21.6 Å². The number of ether oxygens (including phenoxy) is 1. The Hall–Kier alpha value is 0.0500. The Bertz CT molecular complexity index is 272. The molecule has 0 aliphatic rings. The van der Waals surface area contributed by atoms with E-state index in [4.69, 9.17) is 9.84 Å². The molecule has 2 N–H and O–H groups in total. The van der Waals surface area contributed by atoms with Gasteiger partial charge in [0.1, 0.15) is 0 Å². The third-order valence-electron chi connectivity index (χ3n) is 2.23. The van der Waals surface area contributed by atoms with Crippen molar-refractivity contribution in [3.63, 3.8) is 0 Å². The Balaban J connectivity index is 4.07. The molecule has 0 aromatic rings. The second-order valence-corrected chi connectivity index (χ2v) is 8.58. The quantitative estimate of drug-likeness (QED) is 0.344. The summed E-state index contributed by atoms with van der Waals surface area (Å²) in [6, 6.07) is 0. The van der Waals surface area contributed by atoms with Gasteiger partial charge in [-0.15, -0.1) is 0 Å². The maximum absolute atomic E-state index is 10.5. The molecule has 0 rings (SSSR count). The second-order valence-electron chi connectivity index (χ2n) is 5.33. The molecule has 0 heterocycles. The lowest BCUT2D eigenvalue weighted by molar-refractivity contribution is -0.189. The zero-order chi connectivity index (χ0) is 15.6. The van der Waals surface area contributed by atoms with Gasteiger partial charge in [0.05, 0.1) is 0 Å². The fourth-order valence-electron chi connectivity index (χ4n) is 1.39. The van der Waals surface area contributed by atoms with E-state index in [-0.39, 0.29) is 11.2 Å². The Labute approximate surface area is 129 Å². The molecule has 0 unspecified atom stereocenters. The van der Waals surface area contributed by atoms with Crippen LogP contribution in [0.1, 0.15) is 40.5 Å². The van der Waals surface area contributed by atoms with Gasteiger partial charge in [-0.1, -0.05) is 42.4 Å². The van der Waals surface area contributed by atoms with Gasteiger partial charge in [-0.3, -0.25) is 9.69 Å². The molecule has 1 atom stereocenters. The van der Waals surface area contributed by atoms with Crippen molar-refractivity contribution < 1.29 is 19.7 Å². The van der Waals surface area contributed by atoms with Crippen molar-refractivity contribution in [2.45, 2.75) is 51.7 Å². The van der Waals surface area contributed by atoms with Crippen molar-refractivity contribution in [2.24, 2.45) is 0 Å². The molecule has 0 aromatic heterocycles. The van der Waals surface area contributed by atoms with E-state index in [0.717, 1.165) is 5.75 Å². The predicted molar refractivity (Wildman–Crippen MR) is 85.9 cm³/mol. The van der Waals surface area contributed by atoms with Gasteiger partial charge < -0.3 is 14.9 Å². The summed E-state index contributed by atoms with van der Waals surface area (Å²) in [4.78, 5) is 12.3. The molecule has 0 aliphatic carbocycles. The van der Waals surface area contributed by atoms with E-state index in [1.54, 1.807) is 26.5 Å². The minimum absolute atomic E-state index is 0.110. The Morgan fingerprint density at radius 3 is 2.50 bits per heavy atom. The SMILES string of the molecule is CCO[C@H](O)N(CCCC(=O)O)CCSSC(C)(C)C. The summed E-state index contributed by atoms with van der Waals surface area (Å²) in [5, 5.41) is 18.5. The van der Waals surface area contributed by atoms with E-state index in [1.165, 1.54) is 0 Å². The number of aliphatic carboxylic acids is 1. The Morgan fingerprint density at radius 2 is 2.00 bits per heavy atom. The van der Waals surface area contributed by atoms with Crippen molar-refractivity contribution in [1.29, 1.82) is 0 Å². The van der Waals surface area contributed by atoms with Crippen LogP contribution in [0, 0.1) is 0 Å². The molecule has 20 heavy (non-hydrogen) atoms. The van der Waals surface area contributed by atoms with Gasteiger partial charge in [0, 0.05) is 36.6 Å². The molecule has 120 valence electrons. The summed E-state index contributed by atoms with van der Waals surface area (Å²) < 4.78 is 5.38. The minimum atomic E-state index is -0.950. The summed E-state index contributed by atoms with van der Waals surface area (Å²) in [7, 11) is 3.56. The summed E-state index contributed by atoms with van der Waals surface area (Å²) in [6.45, 7) is 9.92. The monoisotopic (exact) mass is 325 g/mol. The number of hydrogen-bond donors (Lipinski definition) is 2. The average molecular weight is 325 g/mol. The van der Waals surface area contributed by atoms with Crippen molar-refractivity contribution in [1.82, 2.24) is 4.90 Å². The summed E-state index contributed by atoms with van der Waals surface area (Å²) in [5.74, 6) is 0.0487. The normalized spacial score (nSPS) is 13.7. The highest BCUT2D eigenvalue weighted by Gasteiger charge is 2.17. The van der Waals surface area contributed by atoms with Crippen LogP contribution < -0.4 is 0 Å². The van der Waals surface area contributed by atoms with E-state index < -0.39 is 12.4 Å². The number of hydrogen-bond acceptors (Lipinski definition) is 6. The number of aliphatic hydroxyl groups is 1. The molecule has 0 aromatic carbocycles. The molecule has 5 nitrogen and oxygen atoms in total. The first-order valence-electron chi connectivity index (χ1n) is 6.82. The summed E-state index contributed by atoms with van der Waals surface area (Å²) in [6.07, 6.45) is -0.329. The zero-order valence-corrected chi connectivity index (χ0v) is 14.4. The molecule has 0 bridgehead atoms. The van der Waals surface area contributed by atoms with E-state index in [9.17, 15) is 9.90 Å². The van der Waals surface area contributed by atoms with E-state index in [2.05, 4.69) is 20.8 Å². The smallest absolute Gasteiger partial charge is 0.303 e. The lowest BCUT2D eigenvalue weighted by Gasteiger charge is -2.27. The zero-order valence-electron chi connectivity index (χ0n) is 12.8. The molecule has 0 spiro atoms. The van der Waals surface area contributed by atoms with Crippen molar-refractivity contribution in [3.8, 4) is 0 Å². The van der Waals surface area contributed by atoms with Gasteiger partial charge in [0.2, 0.25) is 6.41 Å². The van der Waals surface area contributed by atoms with Crippen LogP contribution in [0.15, 0.2) is 0 Å². The van der Waals surface area contributed by atoms with Gasteiger partial charge >= 0.3 is 5.97 Å². The van der Waals surface area contributed by atoms with E-state index in [1.807, 2.05) is 6.92 Å². The average Bonchev–Trinajstić information content (AvgIpc) is 2.30. The molecule has 0 amide bonds. The summed E-state index contributed by atoms with van der Waals surface area (Å²) >= 11 is 0. The van der Waals surface area contributed by atoms with Gasteiger partial charge in [0.25, 0.3) is 0 Å². The number of rotatable bonds is 11. The van der Waals surface area contributed by atoms with Crippen LogP contribution in [0.4, 0.5) is 0 Å². The van der Waals surface area contributed by atoms with E-state index >= 15 is 0 Å². The molecule has 0 aliphatic heterocycles. The van der Waals surface area contributed by atoms with E-state index in [0.29, 0.717) is 26.1 Å². The largest absolute Gasteiger partial charge is 0.481 e. The topological polar surface area (TPSA) is 70.0 Å². The molecule has 0 saturated heterocycles. The molecule has 7 heteroatoms. The fraction of sp³-hybridized carbons (Fsp3) is 0.923. The van der Waals surface area contributed by atoms with Crippen LogP contribution in [-0.4, -0.2) is 57.7 Å². The first kappa shape index (κ1) is 20.1. The molecule has 0 radical (unpaired) electrons. The highest BCUT2D eigenvalue weighted by Crippen LogP contribution is 2.34. The van der Waals surface area contributed by atoms with Crippen molar-refractivity contribution in [3.05, 3.63) is 0 Å². The Morgan fingerprint density at radius 1 is 1.35 bits per heavy atom. The van der Waals surface area contributed by atoms with Crippen molar-refractivity contribution >= 4 is 27.6 Å². The summed E-state index contributed by atoms with van der Waals surface area (Å²) in [5.41, 5.74) is 0. The van der Waals surface area contributed by atoms with Gasteiger partial charge in [-0.2, -0.15) is 0 Å². The predicted octanol–water partition coefficient (Wildman–Crippen LogP) is 2.65. The molecular weight excluding hydrogens is 298 g/mol. The number of aliphatic hydroxyl groups excluding tert-OH is 1. The first-order chi connectivity index (χ1) is 9.26. The number of carboxylic acids is 1. The van der Waals surface area contributed by atoms with Gasteiger partial charge in [-0.25, -0.2) is 0 Å². The van der Waals surface area contributed by atoms with Crippen LogP contribution in [0.2, 0.25) is 0 Å². The molecular formula is C13H27NO4S2. The third kappa shape index (κ3) is 11.8. The number of nitrogens with zero attached hydrogens (tertiary/aromatic N) is 1. The third-order valence-corrected chi connectivity index (χ3v) is 5.56. The lowest BCUT2D eigenvalue weighted by Crippen LogP contribution is -2.39. The molecule has 0 fully saturated rings. The maximum Gasteiger partial charge on any atom is 0.303 e. The van der Waals surface area contributed by atoms with Crippen LogP contribution in [-0.2, 0) is 9.53 Å². The molecule has 0 saturated carbocycles.